The Balaban J connectivity index is 0.000000565. The molecule has 6 amide bonds. The average molecular weight is 1340 g/mol. The molecule has 0 aromatic heterocycles. The van der Waals surface area contributed by atoms with Gasteiger partial charge in [-0.1, -0.05) is 72.1 Å². The lowest BCUT2D eigenvalue weighted by Crippen LogP contribution is -2.28. The summed E-state index contributed by atoms with van der Waals surface area (Å²) in [6.07, 6.45) is 16.3. The van der Waals surface area contributed by atoms with Crippen molar-refractivity contribution in [2.45, 2.75) is 176 Å². The van der Waals surface area contributed by atoms with Crippen molar-refractivity contribution in [3.8, 4) is 0 Å². The Kier molecular flexibility index (Phi) is 44.0. The first-order valence-electron chi connectivity index (χ1n) is 33.4. The van der Waals surface area contributed by atoms with E-state index in [9.17, 15) is 62.3 Å². The van der Waals surface area contributed by atoms with Crippen LogP contribution in [0.2, 0.25) is 0 Å². The summed E-state index contributed by atoms with van der Waals surface area (Å²) in [6.45, 7) is 17.8. The fourth-order valence-corrected chi connectivity index (χ4v) is 11.1. The Morgan fingerprint density at radius 2 is 0.596 bits per heavy atom. The topological polar surface area (TPSA) is 346 Å². The quantitative estimate of drug-likeness (QED) is 0.0533. The highest BCUT2D eigenvalue weighted by molar-refractivity contribution is 5.90. The third kappa shape index (κ3) is 32.9. The lowest BCUT2D eigenvalue weighted by Gasteiger charge is -2.16. The Morgan fingerprint density at radius 3 is 0.862 bits per heavy atom. The van der Waals surface area contributed by atoms with E-state index in [1.165, 1.54) is 79.7 Å². The SMILES string of the molecule is CCCCCCCCN1CC(C(=O)OC)CC1=O.CCCCCN1CC(C(=O)OC)CC1=O.CCCCN1CC(C(=O)OC)CC1=O.COC(=O)C1CC(=O)N(CCCC(=O)O)C1.COC(=O)C1CC(=O)N(CCCO)C1.COC(=O)C1CC(=O)N(CCCOC(C)C)C1. The molecule has 6 fully saturated rings. The maximum Gasteiger partial charge on any atom is 0.310 e. The van der Waals surface area contributed by atoms with Crippen LogP contribution >= 0.6 is 0 Å². The van der Waals surface area contributed by atoms with Crippen molar-refractivity contribution in [3.63, 3.8) is 0 Å². The second kappa shape index (κ2) is 48.7. The fraction of sp³-hybridized carbons (Fsp3) is 0.803. The standard InChI is InChI=1S/C14H25NO3.C12H21NO4.C11H19NO3.C10H15NO5.C10H17NO3.C9H15NO4/c1-3-4-5-6-7-8-9-15-11-12(10-13(15)16)14(17)18-2;1-9(2)17-6-4-5-13-8-10(7-11(13)14)12(15)16-3;1-3-4-5-6-12-8-9(7-10(12)13)11(14)15-2;1-16-10(15)7-5-8(12)11(6-7)4-2-3-9(13)14;1-3-4-5-11-7-8(6-9(11)12)10(13)14-2;1-14-9(13)7-5-8(12)10(6-7)3-2-4-11/h12H,3-11H2,1-2H3;9-10H,4-8H2,1-3H3;9H,3-8H2,1-2H3;7H,2-6H2,1H3,(H,13,14);8H,3-7H2,1-2H3;7,11H,2-6H2,1H3. The van der Waals surface area contributed by atoms with Crippen molar-refractivity contribution in [1.82, 2.24) is 29.4 Å². The van der Waals surface area contributed by atoms with E-state index in [0.717, 1.165) is 64.6 Å². The molecule has 6 rings (SSSR count). The number of carboxylic acids is 1. The maximum absolute atomic E-state index is 11.7. The molecule has 0 bridgehead atoms. The van der Waals surface area contributed by atoms with Crippen LogP contribution in [0.4, 0.5) is 0 Å². The fourth-order valence-electron chi connectivity index (χ4n) is 11.1. The monoisotopic (exact) mass is 1340 g/mol. The number of carbonyl (C=O) groups excluding carboxylic acids is 12. The number of hydrogen-bond donors (Lipinski definition) is 2. The molecule has 28 heteroatoms. The van der Waals surface area contributed by atoms with Crippen molar-refractivity contribution >= 4 is 77.2 Å². The second-order valence-corrected chi connectivity index (χ2v) is 24.3. The van der Waals surface area contributed by atoms with E-state index >= 15 is 0 Å². The summed E-state index contributed by atoms with van der Waals surface area (Å²) in [6, 6.07) is 0. The number of amides is 6. The first kappa shape index (κ1) is 85.0. The van der Waals surface area contributed by atoms with Crippen LogP contribution in [0.25, 0.3) is 0 Å². The maximum atomic E-state index is 11.7. The van der Waals surface area contributed by atoms with Crippen LogP contribution < -0.4 is 0 Å². The molecule has 6 saturated heterocycles. The van der Waals surface area contributed by atoms with Crippen molar-refractivity contribution in [1.29, 1.82) is 0 Å². The summed E-state index contributed by atoms with van der Waals surface area (Å²) in [4.78, 5) is 157. The Morgan fingerprint density at radius 1 is 0.362 bits per heavy atom. The van der Waals surface area contributed by atoms with Crippen molar-refractivity contribution < 1.29 is 106 Å². The van der Waals surface area contributed by atoms with Crippen LogP contribution in [-0.2, 0) is 95.5 Å². The zero-order chi connectivity index (χ0) is 70.7. The number of unbranched alkanes of at least 4 members (excludes halogenated alkanes) is 8. The van der Waals surface area contributed by atoms with E-state index in [4.69, 9.17) is 14.9 Å². The molecule has 6 unspecified atom stereocenters. The lowest BCUT2D eigenvalue weighted by molar-refractivity contribution is -0.145. The highest BCUT2D eigenvalue weighted by Crippen LogP contribution is 2.24. The van der Waals surface area contributed by atoms with Crippen LogP contribution in [0.1, 0.15) is 169 Å². The van der Waals surface area contributed by atoms with Gasteiger partial charge in [0.2, 0.25) is 35.4 Å². The normalized spacial score (nSPS) is 20.4. The number of nitrogens with zero attached hydrogens (tertiary/aromatic N) is 6. The van der Waals surface area contributed by atoms with Gasteiger partial charge in [-0.25, -0.2) is 0 Å². The number of hydrogen-bond acceptors (Lipinski definition) is 21. The molecule has 0 aromatic carbocycles. The Labute approximate surface area is 555 Å². The van der Waals surface area contributed by atoms with Gasteiger partial charge in [-0.2, -0.15) is 0 Å². The molecule has 6 aliphatic heterocycles. The van der Waals surface area contributed by atoms with Gasteiger partial charge in [0.1, 0.15) is 0 Å². The zero-order valence-electron chi connectivity index (χ0n) is 58.0. The highest BCUT2D eigenvalue weighted by atomic mass is 16.5. The number of methoxy groups -OCH3 is 6. The van der Waals surface area contributed by atoms with Gasteiger partial charge in [0, 0.05) is 137 Å². The van der Waals surface area contributed by atoms with Gasteiger partial charge in [0.05, 0.1) is 84.3 Å². The van der Waals surface area contributed by atoms with Crippen LogP contribution in [0, 0.1) is 35.5 Å². The number of esters is 6. The molecule has 0 radical (unpaired) electrons. The predicted molar refractivity (Wildman–Crippen MR) is 342 cm³/mol. The molecule has 6 aliphatic rings. The number of aliphatic hydroxyl groups is 1. The number of likely N-dealkylation sites (tertiary alicyclic amines) is 6. The highest BCUT2D eigenvalue weighted by Gasteiger charge is 2.39. The molecular weight excluding hydrogens is 1230 g/mol. The van der Waals surface area contributed by atoms with Crippen molar-refractivity contribution in [2.24, 2.45) is 35.5 Å². The molecule has 28 nitrogen and oxygen atoms in total. The molecule has 0 aromatic rings. The van der Waals surface area contributed by atoms with Gasteiger partial charge in [-0.15, -0.1) is 0 Å². The van der Waals surface area contributed by atoms with Crippen LogP contribution in [0.15, 0.2) is 0 Å². The minimum absolute atomic E-state index is 0.0324. The van der Waals surface area contributed by atoms with E-state index in [2.05, 4.69) is 49.2 Å². The van der Waals surface area contributed by atoms with E-state index in [1.54, 1.807) is 24.5 Å². The first-order valence-corrected chi connectivity index (χ1v) is 33.4. The van der Waals surface area contributed by atoms with Gasteiger partial charge in [-0.05, 0) is 52.4 Å². The predicted octanol–water partition coefficient (Wildman–Crippen LogP) is 4.46. The van der Waals surface area contributed by atoms with Gasteiger partial charge >= 0.3 is 41.8 Å². The second-order valence-electron chi connectivity index (χ2n) is 24.3. The number of carbonyl (C=O) groups is 13. The summed E-state index contributed by atoms with van der Waals surface area (Å²) in [5.41, 5.74) is 0. The summed E-state index contributed by atoms with van der Waals surface area (Å²) >= 11 is 0. The molecule has 94 heavy (non-hydrogen) atoms. The number of aliphatic carboxylic acids is 1. The lowest BCUT2D eigenvalue weighted by atomic mass is 10.1. The smallest absolute Gasteiger partial charge is 0.310 e. The summed E-state index contributed by atoms with van der Waals surface area (Å²) in [7, 11) is 8.08. The third-order valence-electron chi connectivity index (χ3n) is 16.5. The summed E-state index contributed by atoms with van der Waals surface area (Å²) < 4.78 is 33.1. The van der Waals surface area contributed by atoms with E-state index < -0.39 is 11.9 Å². The largest absolute Gasteiger partial charge is 0.481 e. The van der Waals surface area contributed by atoms with Gasteiger partial charge < -0.3 is 72.8 Å². The molecule has 538 valence electrons. The Bertz CT molecular complexity index is 2330. The molecule has 0 spiro atoms. The minimum atomic E-state index is -0.879. The number of carboxylic acid groups (broad SMARTS) is 1. The molecule has 0 saturated carbocycles. The van der Waals surface area contributed by atoms with Gasteiger partial charge in [0.15, 0.2) is 0 Å². The van der Waals surface area contributed by atoms with Crippen molar-refractivity contribution in [2.75, 3.05) is 134 Å². The minimum Gasteiger partial charge on any atom is -0.481 e. The van der Waals surface area contributed by atoms with E-state index in [-0.39, 0.29) is 139 Å². The molecule has 2 N–H and O–H groups in total. The summed E-state index contributed by atoms with van der Waals surface area (Å²) in [5.74, 6) is -4.28. The number of ether oxygens (including phenoxy) is 7. The molecule has 6 atom stereocenters. The number of rotatable bonds is 32. The molecule has 6 heterocycles. The van der Waals surface area contributed by atoms with Gasteiger partial charge in [0.25, 0.3) is 0 Å². The van der Waals surface area contributed by atoms with E-state index in [1.807, 2.05) is 13.8 Å². The average Bonchev–Trinajstić information content (AvgIpc) is 1.96. The Hall–Kier alpha value is -6.97. The van der Waals surface area contributed by atoms with Crippen LogP contribution in [0.5, 0.6) is 0 Å². The summed E-state index contributed by atoms with van der Waals surface area (Å²) in [5, 5.41) is 17.1. The number of aliphatic hydroxyl groups excluding tert-OH is 1. The first-order chi connectivity index (χ1) is 44.8. The van der Waals surface area contributed by atoms with E-state index in [0.29, 0.717) is 97.6 Å². The third-order valence-corrected chi connectivity index (χ3v) is 16.5. The van der Waals surface area contributed by atoms with Crippen molar-refractivity contribution in [3.05, 3.63) is 0 Å². The van der Waals surface area contributed by atoms with Crippen LogP contribution in [-0.4, -0.2) is 257 Å². The zero-order valence-corrected chi connectivity index (χ0v) is 58.0. The van der Waals surface area contributed by atoms with Gasteiger partial charge in [-0.3, -0.25) is 62.3 Å². The molecular formula is C66H112N6O22. The van der Waals surface area contributed by atoms with Crippen LogP contribution in [0.3, 0.4) is 0 Å². The molecule has 0 aliphatic carbocycles.